The highest BCUT2D eigenvalue weighted by atomic mass is 16.5. The SMILES string of the molecule is CNc1cc(C)nc(Nc2ccc(OC)c(CCC[C@@H](C)N3CCCC3)c2)n1. The number of rotatable bonds is 9. The predicted molar refractivity (Wildman–Crippen MR) is 116 cm³/mol. The fourth-order valence-corrected chi connectivity index (χ4v) is 3.89. The number of aryl methyl sites for hydroxylation is 2. The number of hydrogen-bond donors (Lipinski definition) is 2. The number of aromatic nitrogens is 2. The highest BCUT2D eigenvalue weighted by Crippen LogP contribution is 2.27. The number of likely N-dealkylation sites (tertiary alicyclic amines) is 1. The van der Waals surface area contributed by atoms with E-state index >= 15 is 0 Å². The van der Waals surface area contributed by atoms with Crippen LogP contribution in [0.1, 0.15) is 43.9 Å². The minimum absolute atomic E-state index is 0.600. The molecular formula is C22H33N5O. The largest absolute Gasteiger partial charge is 0.496 e. The fourth-order valence-electron chi connectivity index (χ4n) is 3.89. The van der Waals surface area contributed by atoms with E-state index in [1.54, 1.807) is 7.11 Å². The number of hydrogen-bond acceptors (Lipinski definition) is 6. The van der Waals surface area contributed by atoms with Gasteiger partial charge in [0.1, 0.15) is 11.6 Å². The minimum atomic E-state index is 0.600. The van der Waals surface area contributed by atoms with E-state index < -0.39 is 0 Å². The Labute approximate surface area is 168 Å². The van der Waals surface area contributed by atoms with Crippen molar-refractivity contribution in [2.24, 2.45) is 0 Å². The van der Waals surface area contributed by atoms with Gasteiger partial charge in [-0.25, -0.2) is 4.98 Å². The van der Waals surface area contributed by atoms with Crippen LogP contribution in [0.5, 0.6) is 5.75 Å². The standard InChI is InChI=1S/C22H33N5O/c1-16-14-21(23-3)26-22(24-16)25-19-10-11-20(28-4)18(15-19)9-7-8-17(2)27-12-5-6-13-27/h10-11,14-15,17H,5-9,12-13H2,1-4H3,(H2,23,24,25,26)/t17-/m1/s1. The zero-order valence-corrected chi connectivity index (χ0v) is 17.6. The van der Waals surface area contributed by atoms with Crippen LogP contribution in [-0.2, 0) is 6.42 Å². The molecule has 0 radical (unpaired) electrons. The first-order chi connectivity index (χ1) is 13.6. The smallest absolute Gasteiger partial charge is 0.229 e. The van der Waals surface area contributed by atoms with Gasteiger partial charge in [0.05, 0.1) is 7.11 Å². The lowest BCUT2D eigenvalue weighted by atomic mass is 10.0. The first kappa shape index (κ1) is 20.4. The molecule has 1 aliphatic heterocycles. The molecule has 0 bridgehead atoms. The van der Waals surface area contributed by atoms with Crippen LogP contribution in [0.2, 0.25) is 0 Å². The van der Waals surface area contributed by atoms with E-state index in [0.29, 0.717) is 12.0 Å². The van der Waals surface area contributed by atoms with E-state index in [2.05, 4.69) is 38.5 Å². The Bertz CT molecular complexity index is 774. The van der Waals surface area contributed by atoms with Gasteiger partial charge in [0.15, 0.2) is 0 Å². The number of methoxy groups -OCH3 is 1. The van der Waals surface area contributed by atoms with E-state index in [1.165, 1.54) is 37.9 Å². The average molecular weight is 384 g/mol. The predicted octanol–water partition coefficient (Wildman–Crippen LogP) is 4.39. The zero-order valence-electron chi connectivity index (χ0n) is 17.6. The molecule has 1 aromatic carbocycles. The molecule has 28 heavy (non-hydrogen) atoms. The van der Waals surface area contributed by atoms with Crippen molar-refractivity contribution in [3.8, 4) is 5.75 Å². The quantitative estimate of drug-likeness (QED) is 0.670. The second-order valence-electron chi connectivity index (χ2n) is 7.60. The Morgan fingerprint density at radius 1 is 1.18 bits per heavy atom. The van der Waals surface area contributed by atoms with Crippen LogP contribution in [0.3, 0.4) is 0 Å². The molecule has 0 spiro atoms. The van der Waals surface area contributed by atoms with E-state index in [4.69, 9.17) is 4.74 Å². The third-order valence-corrected chi connectivity index (χ3v) is 5.48. The van der Waals surface area contributed by atoms with E-state index in [0.717, 1.165) is 35.8 Å². The van der Waals surface area contributed by atoms with Crippen LogP contribution in [0.4, 0.5) is 17.5 Å². The molecule has 1 saturated heterocycles. The van der Waals surface area contributed by atoms with Crippen molar-refractivity contribution in [3.05, 3.63) is 35.5 Å². The second kappa shape index (κ2) is 9.73. The molecular weight excluding hydrogens is 350 g/mol. The van der Waals surface area contributed by atoms with E-state index in [1.807, 2.05) is 32.2 Å². The first-order valence-electron chi connectivity index (χ1n) is 10.3. The van der Waals surface area contributed by atoms with Gasteiger partial charge in [0, 0.05) is 30.5 Å². The topological polar surface area (TPSA) is 62.3 Å². The molecule has 1 aliphatic rings. The van der Waals surface area contributed by atoms with Gasteiger partial charge in [-0.3, -0.25) is 0 Å². The summed E-state index contributed by atoms with van der Waals surface area (Å²) in [6.07, 6.45) is 6.08. The Kier molecular flexibility index (Phi) is 7.09. The van der Waals surface area contributed by atoms with Crippen molar-refractivity contribution < 1.29 is 4.74 Å². The van der Waals surface area contributed by atoms with Crippen LogP contribution < -0.4 is 15.4 Å². The molecule has 0 aliphatic carbocycles. The van der Waals surface area contributed by atoms with E-state index in [-0.39, 0.29) is 0 Å². The summed E-state index contributed by atoms with van der Waals surface area (Å²) in [6.45, 7) is 6.84. The molecule has 1 aromatic heterocycles. The third kappa shape index (κ3) is 5.35. The van der Waals surface area contributed by atoms with Crippen molar-refractivity contribution in [2.75, 3.05) is 37.9 Å². The first-order valence-corrected chi connectivity index (χ1v) is 10.3. The summed E-state index contributed by atoms with van der Waals surface area (Å²) >= 11 is 0. The maximum atomic E-state index is 5.58. The van der Waals surface area contributed by atoms with Gasteiger partial charge >= 0.3 is 0 Å². The lowest BCUT2D eigenvalue weighted by Crippen LogP contribution is -2.29. The van der Waals surface area contributed by atoms with E-state index in [9.17, 15) is 0 Å². The van der Waals surface area contributed by atoms with Crippen molar-refractivity contribution in [3.63, 3.8) is 0 Å². The Hall–Kier alpha value is -2.34. The summed E-state index contributed by atoms with van der Waals surface area (Å²) in [6, 6.07) is 8.78. The maximum absolute atomic E-state index is 5.58. The Morgan fingerprint density at radius 2 is 1.96 bits per heavy atom. The summed E-state index contributed by atoms with van der Waals surface area (Å²) in [5.74, 6) is 2.35. The highest BCUT2D eigenvalue weighted by molar-refractivity contribution is 5.58. The van der Waals surface area contributed by atoms with Crippen molar-refractivity contribution in [1.29, 1.82) is 0 Å². The lowest BCUT2D eigenvalue weighted by molar-refractivity contribution is 0.243. The highest BCUT2D eigenvalue weighted by Gasteiger charge is 2.17. The van der Waals surface area contributed by atoms with Gasteiger partial charge < -0.3 is 20.3 Å². The van der Waals surface area contributed by atoms with Crippen LogP contribution in [0, 0.1) is 6.92 Å². The molecule has 2 heterocycles. The number of anilines is 3. The summed E-state index contributed by atoms with van der Waals surface area (Å²) in [5, 5.41) is 6.40. The van der Waals surface area contributed by atoms with Crippen LogP contribution in [0.25, 0.3) is 0 Å². The summed E-state index contributed by atoms with van der Waals surface area (Å²) in [7, 11) is 3.60. The number of nitrogens with one attached hydrogen (secondary N) is 2. The normalized spacial score (nSPS) is 15.4. The molecule has 0 unspecified atom stereocenters. The third-order valence-electron chi connectivity index (χ3n) is 5.48. The molecule has 152 valence electrons. The molecule has 3 rings (SSSR count). The van der Waals surface area contributed by atoms with Crippen molar-refractivity contribution >= 4 is 17.5 Å². The van der Waals surface area contributed by atoms with Crippen molar-refractivity contribution in [2.45, 2.75) is 52.0 Å². The van der Waals surface area contributed by atoms with Gasteiger partial charge in [0.2, 0.25) is 5.95 Å². The van der Waals surface area contributed by atoms with Gasteiger partial charge in [-0.1, -0.05) is 0 Å². The van der Waals surface area contributed by atoms with Gasteiger partial charge in [-0.15, -0.1) is 0 Å². The minimum Gasteiger partial charge on any atom is -0.496 e. The Morgan fingerprint density at radius 3 is 2.68 bits per heavy atom. The molecule has 2 N–H and O–H groups in total. The molecule has 0 saturated carbocycles. The monoisotopic (exact) mass is 383 g/mol. The molecule has 1 fully saturated rings. The average Bonchev–Trinajstić information content (AvgIpc) is 3.22. The summed E-state index contributed by atoms with van der Waals surface area (Å²) in [4.78, 5) is 11.6. The fraction of sp³-hybridized carbons (Fsp3) is 0.545. The molecule has 6 heteroatoms. The molecule has 1 atom stereocenters. The van der Waals surface area contributed by atoms with Gasteiger partial charge in [-0.05, 0) is 82.8 Å². The van der Waals surface area contributed by atoms with Gasteiger partial charge in [0.25, 0.3) is 0 Å². The number of ether oxygens (including phenoxy) is 1. The molecule has 2 aromatic rings. The summed E-state index contributed by atoms with van der Waals surface area (Å²) < 4.78 is 5.58. The number of nitrogens with zero attached hydrogens (tertiary/aromatic N) is 3. The molecule has 6 nitrogen and oxygen atoms in total. The van der Waals surface area contributed by atoms with Gasteiger partial charge in [-0.2, -0.15) is 4.98 Å². The zero-order chi connectivity index (χ0) is 19.9. The molecule has 0 amide bonds. The Balaban J connectivity index is 1.65. The van der Waals surface area contributed by atoms with Crippen LogP contribution in [-0.4, -0.2) is 48.2 Å². The van der Waals surface area contributed by atoms with Crippen LogP contribution >= 0.6 is 0 Å². The second-order valence-corrected chi connectivity index (χ2v) is 7.60. The number of benzene rings is 1. The van der Waals surface area contributed by atoms with Crippen LogP contribution in [0.15, 0.2) is 24.3 Å². The summed E-state index contributed by atoms with van der Waals surface area (Å²) in [5.41, 5.74) is 3.13. The van der Waals surface area contributed by atoms with Crippen molar-refractivity contribution in [1.82, 2.24) is 14.9 Å². The maximum Gasteiger partial charge on any atom is 0.229 e. The lowest BCUT2D eigenvalue weighted by Gasteiger charge is -2.23.